The van der Waals surface area contributed by atoms with Gasteiger partial charge in [0.1, 0.15) is 0 Å². The first-order valence-corrected chi connectivity index (χ1v) is 4.61. The molecule has 4 N–H and O–H groups in total. The molecule has 1 aromatic carbocycles. The van der Waals surface area contributed by atoms with E-state index in [1.165, 1.54) is 12.1 Å². The molecule has 2 nitrogen and oxygen atoms in total. The normalized spacial score (nSPS) is 10.8. The Morgan fingerprint density at radius 1 is 1.25 bits per heavy atom. The maximum atomic E-state index is 12.6. The van der Waals surface area contributed by atoms with Crippen LogP contribution in [0.1, 0.15) is 17.5 Å². The SMILES string of the molecule is NCCC#Cc1ccc(N)cc1C(F)(F)F. The highest BCUT2D eigenvalue weighted by molar-refractivity contribution is 5.51. The molecule has 16 heavy (non-hydrogen) atoms. The third-order valence-electron chi connectivity index (χ3n) is 1.84. The number of nitrogen functional groups attached to an aromatic ring is 1. The van der Waals surface area contributed by atoms with Crippen LogP contribution in [-0.4, -0.2) is 6.54 Å². The van der Waals surface area contributed by atoms with E-state index >= 15 is 0 Å². The van der Waals surface area contributed by atoms with Crippen LogP contribution >= 0.6 is 0 Å². The highest BCUT2D eigenvalue weighted by atomic mass is 19.4. The fraction of sp³-hybridized carbons (Fsp3) is 0.273. The molecule has 0 aromatic heterocycles. The smallest absolute Gasteiger partial charge is 0.399 e. The van der Waals surface area contributed by atoms with Crippen LogP contribution in [0.5, 0.6) is 0 Å². The van der Waals surface area contributed by atoms with E-state index in [0.29, 0.717) is 13.0 Å². The first-order chi connectivity index (χ1) is 7.45. The number of alkyl halides is 3. The lowest BCUT2D eigenvalue weighted by molar-refractivity contribution is -0.137. The summed E-state index contributed by atoms with van der Waals surface area (Å²) in [5, 5.41) is 0. The summed E-state index contributed by atoms with van der Waals surface area (Å²) in [5.41, 5.74) is 9.69. The summed E-state index contributed by atoms with van der Waals surface area (Å²) in [6.07, 6.45) is -4.08. The van der Waals surface area contributed by atoms with E-state index in [1.54, 1.807) is 0 Å². The van der Waals surface area contributed by atoms with Gasteiger partial charge in [-0.3, -0.25) is 0 Å². The Kier molecular flexibility index (Phi) is 3.80. The molecule has 0 aliphatic carbocycles. The van der Waals surface area contributed by atoms with Gasteiger partial charge in [0.2, 0.25) is 0 Å². The average Bonchev–Trinajstić information content (AvgIpc) is 2.19. The zero-order valence-corrected chi connectivity index (χ0v) is 8.43. The molecule has 0 saturated carbocycles. The van der Waals surface area contributed by atoms with Gasteiger partial charge in [-0.25, -0.2) is 0 Å². The summed E-state index contributed by atoms with van der Waals surface area (Å²) in [6.45, 7) is 0.323. The summed E-state index contributed by atoms with van der Waals surface area (Å²) < 4.78 is 37.8. The van der Waals surface area contributed by atoms with Gasteiger partial charge in [-0.05, 0) is 18.2 Å². The Morgan fingerprint density at radius 3 is 2.50 bits per heavy atom. The van der Waals surface area contributed by atoms with E-state index < -0.39 is 11.7 Å². The standard InChI is InChI=1S/C11H11F3N2/c12-11(13,14)10-7-9(16)5-4-8(10)3-1-2-6-15/h4-5,7H,2,6,15-16H2. The number of halogens is 3. The Bertz CT molecular complexity index is 427. The van der Waals surface area contributed by atoms with Crippen molar-refractivity contribution in [1.82, 2.24) is 0 Å². The minimum absolute atomic E-state index is 0.0664. The molecule has 0 atom stereocenters. The van der Waals surface area contributed by atoms with Gasteiger partial charge >= 0.3 is 6.18 Å². The van der Waals surface area contributed by atoms with Crippen molar-refractivity contribution in [3.63, 3.8) is 0 Å². The van der Waals surface area contributed by atoms with Crippen LogP contribution in [0.3, 0.4) is 0 Å². The van der Waals surface area contributed by atoms with Crippen molar-refractivity contribution in [2.45, 2.75) is 12.6 Å². The quantitative estimate of drug-likeness (QED) is 0.570. The topological polar surface area (TPSA) is 52.0 Å². The van der Waals surface area contributed by atoms with Crippen LogP contribution in [0.25, 0.3) is 0 Å². The van der Waals surface area contributed by atoms with Crippen LogP contribution in [0.15, 0.2) is 18.2 Å². The zero-order valence-electron chi connectivity index (χ0n) is 8.43. The van der Waals surface area contributed by atoms with Crippen LogP contribution in [-0.2, 0) is 6.18 Å². The Labute approximate surface area is 91.4 Å². The molecule has 0 spiro atoms. The maximum Gasteiger partial charge on any atom is 0.417 e. The van der Waals surface area contributed by atoms with Gasteiger partial charge in [0.25, 0.3) is 0 Å². The largest absolute Gasteiger partial charge is 0.417 e. The molecule has 0 fully saturated rings. The number of hydrogen-bond donors (Lipinski definition) is 2. The predicted molar refractivity (Wildman–Crippen MR) is 56.4 cm³/mol. The molecular weight excluding hydrogens is 217 g/mol. The predicted octanol–water partition coefficient (Wildman–Crippen LogP) is 1.99. The third-order valence-corrected chi connectivity index (χ3v) is 1.84. The molecule has 86 valence electrons. The first kappa shape index (κ1) is 12.4. The van der Waals surface area contributed by atoms with Crippen LogP contribution < -0.4 is 11.5 Å². The van der Waals surface area contributed by atoms with Gasteiger partial charge in [-0.2, -0.15) is 13.2 Å². The molecular formula is C11H11F3N2. The third kappa shape index (κ3) is 3.17. The Balaban J connectivity index is 3.15. The Hall–Kier alpha value is -1.67. The minimum atomic E-state index is -4.44. The second-order valence-corrected chi connectivity index (χ2v) is 3.14. The fourth-order valence-corrected chi connectivity index (χ4v) is 1.14. The highest BCUT2D eigenvalue weighted by Gasteiger charge is 2.33. The molecule has 0 amide bonds. The van der Waals surface area contributed by atoms with E-state index in [1.807, 2.05) is 0 Å². The van der Waals surface area contributed by atoms with Gasteiger partial charge in [-0.1, -0.05) is 11.8 Å². The van der Waals surface area contributed by atoms with Gasteiger partial charge in [-0.15, -0.1) is 0 Å². The molecule has 0 aliphatic rings. The monoisotopic (exact) mass is 228 g/mol. The van der Waals surface area contributed by atoms with Crippen LogP contribution in [0.4, 0.5) is 18.9 Å². The first-order valence-electron chi connectivity index (χ1n) is 4.61. The number of hydrogen-bond acceptors (Lipinski definition) is 2. The van der Waals surface area contributed by atoms with Crippen LogP contribution in [0, 0.1) is 11.8 Å². The second kappa shape index (κ2) is 4.90. The van der Waals surface area contributed by atoms with Gasteiger partial charge in [0, 0.05) is 24.2 Å². The molecule has 0 unspecified atom stereocenters. The van der Waals surface area contributed by atoms with E-state index in [9.17, 15) is 13.2 Å². The van der Waals surface area contributed by atoms with Crippen molar-refractivity contribution in [2.24, 2.45) is 5.73 Å². The fourth-order valence-electron chi connectivity index (χ4n) is 1.14. The van der Waals surface area contributed by atoms with E-state index in [2.05, 4.69) is 11.8 Å². The van der Waals surface area contributed by atoms with Crippen molar-refractivity contribution in [3.8, 4) is 11.8 Å². The summed E-state index contributed by atoms with van der Waals surface area (Å²) in [7, 11) is 0. The number of anilines is 1. The van der Waals surface area contributed by atoms with Gasteiger partial charge in [0.05, 0.1) is 5.56 Å². The van der Waals surface area contributed by atoms with Crippen molar-refractivity contribution in [1.29, 1.82) is 0 Å². The Morgan fingerprint density at radius 2 is 1.94 bits per heavy atom. The van der Waals surface area contributed by atoms with Crippen LogP contribution in [0.2, 0.25) is 0 Å². The lowest BCUT2D eigenvalue weighted by Gasteiger charge is -2.09. The highest BCUT2D eigenvalue weighted by Crippen LogP contribution is 2.32. The number of rotatable bonds is 1. The summed E-state index contributed by atoms with van der Waals surface area (Å²) >= 11 is 0. The molecule has 0 heterocycles. The lowest BCUT2D eigenvalue weighted by atomic mass is 10.1. The average molecular weight is 228 g/mol. The maximum absolute atomic E-state index is 12.6. The summed E-state index contributed by atoms with van der Waals surface area (Å²) in [4.78, 5) is 0. The van der Waals surface area contributed by atoms with Gasteiger partial charge in [0.15, 0.2) is 0 Å². The lowest BCUT2D eigenvalue weighted by Crippen LogP contribution is -2.08. The van der Waals surface area contributed by atoms with Crippen molar-refractivity contribution in [3.05, 3.63) is 29.3 Å². The van der Waals surface area contributed by atoms with Crippen molar-refractivity contribution in [2.75, 3.05) is 12.3 Å². The van der Waals surface area contributed by atoms with E-state index in [0.717, 1.165) is 6.07 Å². The second-order valence-electron chi connectivity index (χ2n) is 3.14. The number of benzene rings is 1. The van der Waals surface area contributed by atoms with Gasteiger partial charge < -0.3 is 11.5 Å². The van der Waals surface area contributed by atoms with E-state index in [-0.39, 0.29) is 11.3 Å². The summed E-state index contributed by atoms with van der Waals surface area (Å²) in [5.74, 6) is 5.01. The minimum Gasteiger partial charge on any atom is -0.399 e. The molecule has 0 bridgehead atoms. The molecule has 0 saturated heterocycles. The molecule has 5 heteroatoms. The molecule has 0 radical (unpaired) electrons. The molecule has 1 aromatic rings. The summed E-state index contributed by atoms with van der Waals surface area (Å²) in [6, 6.07) is 3.54. The molecule has 1 rings (SSSR count). The molecule has 0 aliphatic heterocycles. The van der Waals surface area contributed by atoms with Crippen molar-refractivity contribution >= 4 is 5.69 Å². The van der Waals surface area contributed by atoms with Crippen molar-refractivity contribution < 1.29 is 13.2 Å². The number of nitrogens with two attached hydrogens (primary N) is 2. The van der Waals surface area contributed by atoms with E-state index in [4.69, 9.17) is 11.5 Å². The zero-order chi connectivity index (χ0) is 12.2.